The molecule has 0 bridgehead atoms. The smallest absolute Gasteiger partial charge is 0.272 e. The quantitative estimate of drug-likeness (QED) is 0.562. The fraction of sp³-hybridized carbons (Fsp3) is 0.200. The van der Waals surface area contributed by atoms with Gasteiger partial charge < -0.3 is 5.73 Å². The molecule has 1 aliphatic carbocycles. The van der Waals surface area contributed by atoms with Crippen molar-refractivity contribution in [3.05, 3.63) is 35.4 Å². The number of nitrogen functional groups attached to an aromatic ring is 1. The molecule has 0 aliphatic heterocycles. The van der Waals surface area contributed by atoms with Crippen LogP contribution in [0.5, 0.6) is 0 Å². The van der Waals surface area contributed by atoms with E-state index in [4.69, 9.17) is 10.3 Å². The van der Waals surface area contributed by atoms with Crippen molar-refractivity contribution in [3.8, 4) is 0 Å². The molecule has 1 unspecified atom stereocenters. The van der Waals surface area contributed by atoms with Crippen LogP contribution < -0.4 is 5.73 Å². The van der Waals surface area contributed by atoms with Gasteiger partial charge in [-0.05, 0) is 18.1 Å². The van der Waals surface area contributed by atoms with Gasteiger partial charge in [-0.15, -0.1) is 0 Å². The van der Waals surface area contributed by atoms with E-state index in [0.29, 0.717) is 16.8 Å². The van der Waals surface area contributed by atoms with Gasteiger partial charge in [0.05, 0.1) is 0 Å². The van der Waals surface area contributed by atoms with Crippen LogP contribution in [-0.2, 0) is 10.1 Å². The molecule has 3 N–H and O–H groups in total. The van der Waals surface area contributed by atoms with Crippen LogP contribution in [0.1, 0.15) is 22.8 Å². The Bertz CT molecular complexity index is 519. The number of rotatable bonds is 1. The summed E-state index contributed by atoms with van der Waals surface area (Å²) in [5.74, 6) is 0. The maximum absolute atomic E-state index is 11.1. The molecule has 1 atom stereocenters. The average molecular weight is 225 g/mol. The predicted octanol–water partition coefficient (Wildman–Crippen LogP) is 1.61. The maximum atomic E-state index is 11.1. The molecular formula is C10H11NO3S. The molecule has 80 valence electrons. The van der Waals surface area contributed by atoms with Crippen LogP contribution in [-0.4, -0.2) is 13.0 Å². The van der Waals surface area contributed by atoms with Crippen LogP contribution in [0, 0.1) is 0 Å². The lowest BCUT2D eigenvalue weighted by atomic mass is 9.96. The first-order valence-corrected chi connectivity index (χ1v) is 6.01. The third kappa shape index (κ3) is 1.75. The number of hydrogen-bond donors (Lipinski definition) is 2. The second-order valence-corrected chi connectivity index (χ2v) is 5.09. The van der Waals surface area contributed by atoms with E-state index in [2.05, 4.69) is 0 Å². The van der Waals surface area contributed by atoms with E-state index in [0.717, 1.165) is 0 Å². The van der Waals surface area contributed by atoms with Crippen LogP contribution in [0.15, 0.2) is 24.3 Å². The van der Waals surface area contributed by atoms with E-state index in [9.17, 15) is 8.42 Å². The SMILES string of the molecule is Nc1cccc2c1C=CCC2S(=O)(=O)O. The van der Waals surface area contributed by atoms with Crippen LogP contribution in [0.2, 0.25) is 0 Å². The third-order valence-electron chi connectivity index (χ3n) is 2.51. The minimum absolute atomic E-state index is 0.287. The zero-order valence-corrected chi connectivity index (χ0v) is 8.74. The largest absolute Gasteiger partial charge is 0.398 e. The second kappa shape index (κ2) is 3.36. The lowest BCUT2D eigenvalue weighted by Gasteiger charge is -2.20. The van der Waals surface area contributed by atoms with Gasteiger partial charge in [-0.1, -0.05) is 24.3 Å². The molecule has 1 aliphatic rings. The topological polar surface area (TPSA) is 80.4 Å². The van der Waals surface area contributed by atoms with Crippen molar-refractivity contribution in [1.82, 2.24) is 0 Å². The van der Waals surface area contributed by atoms with Crippen LogP contribution in [0.3, 0.4) is 0 Å². The van der Waals surface area contributed by atoms with Gasteiger partial charge in [0, 0.05) is 11.3 Å². The zero-order chi connectivity index (χ0) is 11.1. The van der Waals surface area contributed by atoms with Crippen molar-refractivity contribution in [2.45, 2.75) is 11.7 Å². The minimum Gasteiger partial charge on any atom is -0.398 e. The van der Waals surface area contributed by atoms with Crippen molar-refractivity contribution in [3.63, 3.8) is 0 Å². The summed E-state index contributed by atoms with van der Waals surface area (Å²) in [5.41, 5.74) is 7.50. The molecule has 0 radical (unpaired) electrons. The zero-order valence-electron chi connectivity index (χ0n) is 7.92. The number of fused-ring (bicyclic) bond motifs is 1. The molecule has 0 spiro atoms. The number of hydrogen-bond acceptors (Lipinski definition) is 3. The molecule has 1 aromatic carbocycles. The van der Waals surface area contributed by atoms with Gasteiger partial charge in [0.2, 0.25) is 0 Å². The van der Waals surface area contributed by atoms with Gasteiger partial charge >= 0.3 is 0 Å². The number of anilines is 1. The molecular weight excluding hydrogens is 214 g/mol. The van der Waals surface area contributed by atoms with Crippen molar-refractivity contribution in [2.75, 3.05) is 5.73 Å². The fourth-order valence-corrected chi connectivity index (χ4v) is 2.67. The maximum Gasteiger partial charge on any atom is 0.272 e. The standard InChI is InChI=1S/C10H11NO3S/c11-9-5-1-4-8-7(9)3-2-6-10(8)15(12,13)14/h1-5,10H,6,11H2,(H,12,13,14). The number of allylic oxidation sites excluding steroid dienone is 1. The second-order valence-electron chi connectivity index (χ2n) is 3.49. The van der Waals surface area contributed by atoms with Crippen molar-refractivity contribution in [2.24, 2.45) is 0 Å². The molecule has 1 aromatic rings. The Labute approximate surface area is 88.2 Å². The monoisotopic (exact) mass is 225 g/mol. The Morgan fingerprint density at radius 2 is 2.13 bits per heavy atom. The summed E-state index contributed by atoms with van der Waals surface area (Å²) in [7, 11) is -4.06. The van der Waals surface area contributed by atoms with E-state index in [-0.39, 0.29) is 6.42 Å². The van der Waals surface area contributed by atoms with E-state index in [1.54, 1.807) is 30.4 Å². The first kappa shape index (κ1) is 10.2. The fourth-order valence-electron chi connectivity index (χ4n) is 1.79. The molecule has 0 saturated carbocycles. The normalized spacial score (nSPS) is 19.9. The Kier molecular flexibility index (Phi) is 2.28. The Morgan fingerprint density at radius 3 is 2.80 bits per heavy atom. The Hall–Kier alpha value is -1.33. The van der Waals surface area contributed by atoms with Crippen LogP contribution in [0.25, 0.3) is 6.08 Å². The molecule has 15 heavy (non-hydrogen) atoms. The number of benzene rings is 1. The highest BCUT2D eigenvalue weighted by atomic mass is 32.2. The molecule has 0 saturated heterocycles. The first-order chi connectivity index (χ1) is 7.00. The highest BCUT2D eigenvalue weighted by Crippen LogP contribution is 2.35. The van der Waals surface area contributed by atoms with Gasteiger partial charge in [-0.2, -0.15) is 8.42 Å². The third-order valence-corrected chi connectivity index (χ3v) is 3.68. The van der Waals surface area contributed by atoms with Gasteiger partial charge in [0.25, 0.3) is 10.1 Å². The summed E-state index contributed by atoms with van der Waals surface area (Å²) in [6.07, 6.45) is 3.78. The Balaban J connectivity index is 2.63. The van der Waals surface area contributed by atoms with E-state index >= 15 is 0 Å². The van der Waals surface area contributed by atoms with E-state index < -0.39 is 15.4 Å². The minimum atomic E-state index is -4.06. The Morgan fingerprint density at radius 1 is 1.40 bits per heavy atom. The predicted molar refractivity (Wildman–Crippen MR) is 58.8 cm³/mol. The highest BCUT2D eigenvalue weighted by molar-refractivity contribution is 7.86. The lowest BCUT2D eigenvalue weighted by molar-refractivity contribution is 0.468. The van der Waals surface area contributed by atoms with Crippen molar-refractivity contribution >= 4 is 21.9 Å². The summed E-state index contributed by atoms with van der Waals surface area (Å²) in [5, 5.41) is -0.888. The summed E-state index contributed by atoms with van der Waals surface area (Å²) in [4.78, 5) is 0. The van der Waals surface area contributed by atoms with Crippen molar-refractivity contribution < 1.29 is 13.0 Å². The molecule has 5 heteroatoms. The van der Waals surface area contributed by atoms with Gasteiger partial charge in [0.15, 0.2) is 0 Å². The molecule has 0 aromatic heterocycles. The molecule has 0 fully saturated rings. The highest BCUT2D eigenvalue weighted by Gasteiger charge is 2.28. The van der Waals surface area contributed by atoms with Crippen molar-refractivity contribution in [1.29, 1.82) is 0 Å². The molecule has 0 amide bonds. The van der Waals surface area contributed by atoms with Gasteiger partial charge in [-0.25, -0.2) is 0 Å². The van der Waals surface area contributed by atoms with Gasteiger partial charge in [-0.3, -0.25) is 4.55 Å². The molecule has 4 nitrogen and oxygen atoms in total. The van der Waals surface area contributed by atoms with E-state index in [1.807, 2.05) is 0 Å². The van der Waals surface area contributed by atoms with E-state index in [1.165, 1.54) is 0 Å². The van der Waals surface area contributed by atoms with Crippen LogP contribution in [0.4, 0.5) is 5.69 Å². The lowest BCUT2D eigenvalue weighted by Crippen LogP contribution is -2.15. The first-order valence-electron chi connectivity index (χ1n) is 4.51. The average Bonchev–Trinajstić information content (AvgIpc) is 2.16. The summed E-state index contributed by atoms with van der Waals surface area (Å²) < 4.78 is 31.4. The van der Waals surface area contributed by atoms with Crippen LogP contribution >= 0.6 is 0 Å². The number of nitrogens with two attached hydrogens (primary N) is 1. The summed E-state index contributed by atoms with van der Waals surface area (Å²) in [6, 6.07) is 5.06. The van der Waals surface area contributed by atoms with Gasteiger partial charge in [0.1, 0.15) is 5.25 Å². The molecule has 0 heterocycles. The molecule has 2 rings (SSSR count). The summed E-state index contributed by atoms with van der Waals surface area (Å²) in [6.45, 7) is 0. The summed E-state index contributed by atoms with van der Waals surface area (Å²) >= 11 is 0.